The maximum Gasteiger partial charge on any atom is 0.274 e. The smallest absolute Gasteiger partial charge is 0.274 e. The molecule has 0 bridgehead atoms. The van der Waals surface area contributed by atoms with Crippen molar-refractivity contribution in [1.29, 1.82) is 0 Å². The van der Waals surface area contributed by atoms with Crippen LogP contribution >= 0.6 is 11.6 Å². The van der Waals surface area contributed by atoms with E-state index in [1.165, 1.54) is 5.56 Å². The summed E-state index contributed by atoms with van der Waals surface area (Å²) in [4.78, 5) is 17.1. The molecule has 2 saturated heterocycles. The number of nitrogens with one attached hydrogen (secondary N) is 1. The highest BCUT2D eigenvalue weighted by atomic mass is 35.5. The zero-order valence-electron chi connectivity index (χ0n) is 15.5. The van der Waals surface area contributed by atoms with Crippen molar-refractivity contribution in [3.8, 4) is 0 Å². The van der Waals surface area contributed by atoms with Gasteiger partial charge in [-0.1, -0.05) is 23.7 Å². The summed E-state index contributed by atoms with van der Waals surface area (Å²) in [5.41, 5.74) is 1.77. The zero-order valence-corrected chi connectivity index (χ0v) is 16.2. The fourth-order valence-corrected chi connectivity index (χ4v) is 4.09. The predicted octanol–water partition coefficient (Wildman–Crippen LogP) is 2.42. The van der Waals surface area contributed by atoms with Crippen LogP contribution in [0, 0.1) is 0 Å². The van der Waals surface area contributed by atoms with Crippen LogP contribution in [0.5, 0.6) is 0 Å². The second-order valence-corrected chi connectivity index (χ2v) is 7.82. The average Bonchev–Trinajstić information content (AvgIpc) is 3.19. The van der Waals surface area contributed by atoms with E-state index in [1.54, 1.807) is 0 Å². The van der Waals surface area contributed by atoms with Gasteiger partial charge in [0.05, 0.1) is 6.04 Å². The summed E-state index contributed by atoms with van der Waals surface area (Å²) in [7, 11) is 0. The molecule has 1 aromatic carbocycles. The fourth-order valence-electron chi connectivity index (χ4n) is 3.88. The third-order valence-corrected chi connectivity index (χ3v) is 5.66. The maximum absolute atomic E-state index is 12.8. The van der Waals surface area contributed by atoms with Gasteiger partial charge in [-0.05, 0) is 43.1 Å². The fraction of sp³-hybridized carbons (Fsp3) is 0.500. The number of hydrogen-bond donors (Lipinski definition) is 1. The molecule has 27 heavy (non-hydrogen) atoms. The molecule has 7 heteroatoms. The third kappa shape index (κ3) is 4.51. The van der Waals surface area contributed by atoms with Crippen LogP contribution < -0.4 is 5.32 Å². The zero-order chi connectivity index (χ0) is 18.6. The Hall–Kier alpha value is -1.89. The Morgan fingerprint density at radius 1 is 1.22 bits per heavy atom. The van der Waals surface area contributed by atoms with Gasteiger partial charge in [-0.25, -0.2) is 0 Å². The van der Waals surface area contributed by atoms with E-state index in [9.17, 15) is 4.79 Å². The molecule has 2 fully saturated rings. The number of carbonyl (C=O) groups is 1. The number of benzene rings is 1. The molecule has 144 valence electrons. The molecule has 1 aromatic heterocycles. The van der Waals surface area contributed by atoms with Gasteiger partial charge in [0.25, 0.3) is 5.91 Å². The molecule has 0 aliphatic carbocycles. The standard InChI is InChI=1S/C20H26ClN5O/c21-17-4-1-3-16(13-17)15-24-9-11-25(12-10-24)20(27)19-6-8-26(23-19)18-5-2-7-22-14-18/h1,3-4,6,8,13,18,22H,2,5,7,9-12,14-15H2. The number of piperazine rings is 1. The van der Waals surface area contributed by atoms with Crippen LogP contribution in [0.1, 0.15) is 34.9 Å². The van der Waals surface area contributed by atoms with Gasteiger partial charge in [-0.3, -0.25) is 14.4 Å². The Labute approximate surface area is 165 Å². The topological polar surface area (TPSA) is 53.4 Å². The molecule has 0 radical (unpaired) electrons. The number of rotatable bonds is 4. The summed E-state index contributed by atoms with van der Waals surface area (Å²) in [5, 5.41) is 8.72. The van der Waals surface area contributed by atoms with E-state index in [1.807, 2.05) is 40.0 Å². The van der Waals surface area contributed by atoms with E-state index in [0.29, 0.717) is 11.7 Å². The van der Waals surface area contributed by atoms with Gasteiger partial charge in [-0.15, -0.1) is 0 Å². The van der Waals surface area contributed by atoms with Gasteiger partial charge in [0.15, 0.2) is 0 Å². The van der Waals surface area contributed by atoms with E-state index in [-0.39, 0.29) is 5.91 Å². The van der Waals surface area contributed by atoms with Crippen LogP contribution in [0.25, 0.3) is 0 Å². The number of carbonyl (C=O) groups excluding carboxylic acids is 1. The van der Waals surface area contributed by atoms with E-state index in [2.05, 4.69) is 21.4 Å². The van der Waals surface area contributed by atoms with Gasteiger partial charge < -0.3 is 10.2 Å². The highest BCUT2D eigenvalue weighted by Crippen LogP contribution is 2.17. The van der Waals surface area contributed by atoms with Crippen molar-refractivity contribution in [2.24, 2.45) is 0 Å². The number of nitrogens with zero attached hydrogens (tertiary/aromatic N) is 4. The highest BCUT2D eigenvalue weighted by Gasteiger charge is 2.25. The molecule has 0 spiro atoms. The normalized spacial score (nSPS) is 21.4. The summed E-state index contributed by atoms with van der Waals surface area (Å²) >= 11 is 6.07. The molecule has 1 amide bonds. The maximum atomic E-state index is 12.8. The van der Waals surface area contributed by atoms with Crippen LogP contribution in [0.15, 0.2) is 36.5 Å². The lowest BCUT2D eigenvalue weighted by Crippen LogP contribution is -2.48. The van der Waals surface area contributed by atoms with Crippen LogP contribution in [0.2, 0.25) is 5.02 Å². The van der Waals surface area contributed by atoms with Gasteiger partial charge in [0, 0.05) is 50.5 Å². The van der Waals surface area contributed by atoms with Gasteiger partial charge in [-0.2, -0.15) is 5.10 Å². The minimum Gasteiger partial charge on any atom is -0.335 e. The van der Waals surface area contributed by atoms with Crippen molar-refractivity contribution in [1.82, 2.24) is 24.9 Å². The molecule has 1 atom stereocenters. The first-order valence-electron chi connectivity index (χ1n) is 9.71. The molecule has 2 aliphatic rings. The Morgan fingerprint density at radius 3 is 2.81 bits per heavy atom. The average molecular weight is 388 g/mol. The van der Waals surface area contributed by atoms with Crippen LogP contribution in [0.4, 0.5) is 0 Å². The van der Waals surface area contributed by atoms with Gasteiger partial charge in [0.1, 0.15) is 5.69 Å². The number of amides is 1. The molecular weight excluding hydrogens is 362 g/mol. The summed E-state index contributed by atoms with van der Waals surface area (Å²) in [6, 6.07) is 10.2. The third-order valence-electron chi connectivity index (χ3n) is 5.43. The molecule has 1 N–H and O–H groups in total. The van der Waals surface area contributed by atoms with Crippen molar-refractivity contribution in [3.63, 3.8) is 0 Å². The second kappa shape index (κ2) is 8.42. The van der Waals surface area contributed by atoms with Crippen LogP contribution in [0.3, 0.4) is 0 Å². The van der Waals surface area contributed by atoms with Crippen molar-refractivity contribution in [2.75, 3.05) is 39.3 Å². The largest absolute Gasteiger partial charge is 0.335 e. The van der Waals surface area contributed by atoms with E-state index in [0.717, 1.165) is 63.7 Å². The number of hydrogen-bond acceptors (Lipinski definition) is 4. The molecule has 0 saturated carbocycles. The van der Waals surface area contributed by atoms with E-state index in [4.69, 9.17) is 11.6 Å². The summed E-state index contributed by atoms with van der Waals surface area (Å²) in [5.74, 6) is 0.0416. The van der Waals surface area contributed by atoms with Crippen molar-refractivity contribution >= 4 is 17.5 Å². The number of piperidine rings is 1. The van der Waals surface area contributed by atoms with Crippen LogP contribution in [-0.4, -0.2) is 64.8 Å². The molecule has 4 rings (SSSR count). The number of halogens is 1. The van der Waals surface area contributed by atoms with Gasteiger partial charge >= 0.3 is 0 Å². The lowest BCUT2D eigenvalue weighted by molar-refractivity contribution is 0.0621. The molecule has 1 unspecified atom stereocenters. The van der Waals surface area contributed by atoms with E-state index >= 15 is 0 Å². The quantitative estimate of drug-likeness (QED) is 0.875. The summed E-state index contributed by atoms with van der Waals surface area (Å²) in [6.07, 6.45) is 4.22. The molecular formula is C20H26ClN5O. The minimum absolute atomic E-state index is 0.0416. The molecule has 6 nitrogen and oxygen atoms in total. The summed E-state index contributed by atoms with van der Waals surface area (Å²) < 4.78 is 1.95. The Balaban J connectivity index is 1.31. The first-order valence-corrected chi connectivity index (χ1v) is 10.1. The molecule has 3 heterocycles. The lowest BCUT2D eigenvalue weighted by atomic mass is 10.1. The van der Waals surface area contributed by atoms with Gasteiger partial charge in [0.2, 0.25) is 0 Å². The van der Waals surface area contributed by atoms with Crippen molar-refractivity contribution < 1.29 is 4.79 Å². The Bertz CT molecular complexity index is 778. The second-order valence-electron chi connectivity index (χ2n) is 7.38. The first-order chi connectivity index (χ1) is 13.2. The highest BCUT2D eigenvalue weighted by molar-refractivity contribution is 6.30. The SMILES string of the molecule is O=C(c1ccn(C2CCCNC2)n1)N1CCN(Cc2cccc(Cl)c2)CC1. The molecule has 2 aliphatic heterocycles. The van der Waals surface area contributed by atoms with Crippen LogP contribution in [-0.2, 0) is 6.54 Å². The van der Waals surface area contributed by atoms with E-state index < -0.39 is 0 Å². The van der Waals surface area contributed by atoms with Crippen molar-refractivity contribution in [2.45, 2.75) is 25.4 Å². The monoisotopic (exact) mass is 387 g/mol. The Morgan fingerprint density at radius 2 is 2.07 bits per heavy atom. The first kappa shape index (κ1) is 18.5. The lowest BCUT2D eigenvalue weighted by Gasteiger charge is -2.34. The number of aromatic nitrogens is 2. The Kier molecular flexibility index (Phi) is 5.76. The van der Waals surface area contributed by atoms with Crippen molar-refractivity contribution in [3.05, 3.63) is 52.8 Å². The summed E-state index contributed by atoms with van der Waals surface area (Å²) in [6.45, 7) is 6.07. The predicted molar refractivity (Wildman–Crippen MR) is 106 cm³/mol. The molecule has 2 aromatic rings. The minimum atomic E-state index is 0.0416.